The molecule has 4 rings (SSSR count). The molecule has 0 spiro atoms. The number of ketones is 1. The molecule has 7 nitrogen and oxygen atoms in total. The summed E-state index contributed by atoms with van der Waals surface area (Å²) < 4.78 is 46.2. The molecule has 1 N–H and O–H groups in total. The number of para-hydroxylation sites is 1. The van der Waals surface area contributed by atoms with E-state index in [1.54, 1.807) is 18.3 Å². The third kappa shape index (κ3) is 4.24. The van der Waals surface area contributed by atoms with Crippen molar-refractivity contribution in [2.24, 2.45) is 0 Å². The van der Waals surface area contributed by atoms with Crippen LogP contribution in [0.3, 0.4) is 0 Å². The second kappa shape index (κ2) is 8.60. The van der Waals surface area contributed by atoms with E-state index in [4.69, 9.17) is 4.74 Å². The number of fused-ring (bicyclic) bond motifs is 1. The summed E-state index contributed by atoms with van der Waals surface area (Å²) >= 11 is 0. The van der Waals surface area contributed by atoms with Crippen LogP contribution in [0.25, 0.3) is 10.9 Å². The van der Waals surface area contributed by atoms with Crippen molar-refractivity contribution in [3.05, 3.63) is 65.6 Å². The molecule has 0 unspecified atom stereocenters. The number of halogens is 1. The van der Waals surface area contributed by atoms with Crippen LogP contribution < -0.4 is 0 Å². The Morgan fingerprint density at radius 1 is 1.06 bits per heavy atom. The highest BCUT2D eigenvalue weighted by atomic mass is 32.2. The fraction of sp³-hybridized carbons (Fsp3) is 0.273. The number of nitrogens with one attached hydrogen (secondary N) is 1. The smallest absolute Gasteiger partial charge is 0.338 e. The van der Waals surface area contributed by atoms with E-state index >= 15 is 0 Å². The molecule has 162 valence electrons. The third-order valence-electron chi connectivity index (χ3n) is 5.32. The predicted molar refractivity (Wildman–Crippen MR) is 112 cm³/mol. The Bertz CT molecular complexity index is 1250. The summed E-state index contributed by atoms with van der Waals surface area (Å²) in [5, 5.41) is 0.709. The highest BCUT2D eigenvalue weighted by Gasteiger charge is 2.29. The highest BCUT2D eigenvalue weighted by molar-refractivity contribution is 7.89. The van der Waals surface area contributed by atoms with Gasteiger partial charge in [-0.25, -0.2) is 17.6 Å². The van der Waals surface area contributed by atoms with Crippen molar-refractivity contribution in [2.45, 2.75) is 24.2 Å². The van der Waals surface area contributed by atoms with Gasteiger partial charge in [-0.2, -0.15) is 4.31 Å². The Labute approximate surface area is 178 Å². The van der Waals surface area contributed by atoms with E-state index in [1.807, 2.05) is 12.1 Å². The minimum absolute atomic E-state index is 0.135. The largest absolute Gasteiger partial charge is 0.454 e. The minimum Gasteiger partial charge on any atom is -0.454 e. The highest BCUT2D eigenvalue weighted by Crippen LogP contribution is 2.24. The molecule has 9 heteroatoms. The monoisotopic (exact) mass is 444 g/mol. The van der Waals surface area contributed by atoms with E-state index in [1.165, 1.54) is 4.31 Å². The van der Waals surface area contributed by atoms with Gasteiger partial charge in [0.25, 0.3) is 0 Å². The summed E-state index contributed by atoms with van der Waals surface area (Å²) in [6, 6.07) is 10.3. The van der Waals surface area contributed by atoms with Gasteiger partial charge in [0.2, 0.25) is 15.8 Å². The van der Waals surface area contributed by atoms with Gasteiger partial charge in [-0.05, 0) is 37.1 Å². The Morgan fingerprint density at radius 3 is 2.58 bits per heavy atom. The molecule has 0 aliphatic carbocycles. The lowest BCUT2D eigenvalue weighted by atomic mass is 10.1. The van der Waals surface area contributed by atoms with Gasteiger partial charge in [-0.15, -0.1) is 0 Å². The number of aromatic amines is 1. The van der Waals surface area contributed by atoms with Crippen LogP contribution in [0, 0.1) is 5.82 Å². The molecule has 0 saturated carbocycles. The van der Waals surface area contributed by atoms with Gasteiger partial charge >= 0.3 is 5.97 Å². The van der Waals surface area contributed by atoms with Crippen molar-refractivity contribution in [1.82, 2.24) is 9.29 Å². The molecule has 1 aliphatic rings. The SMILES string of the molecule is O=C(OCC(=O)c1c[nH]c2ccccc12)c1ccc(F)c(S(=O)(=O)N2CCCCC2)c1. The first-order valence-corrected chi connectivity index (χ1v) is 11.4. The van der Waals surface area contributed by atoms with Gasteiger partial charge in [-0.1, -0.05) is 24.6 Å². The maximum Gasteiger partial charge on any atom is 0.338 e. The fourth-order valence-electron chi connectivity index (χ4n) is 3.67. The lowest BCUT2D eigenvalue weighted by Crippen LogP contribution is -2.36. The number of sulfonamides is 1. The first-order valence-electron chi connectivity index (χ1n) is 9.94. The van der Waals surface area contributed by atoms with Gasteiger partial charge < -0.3 is 9.72 Å². The number of hydrogen-bond acceptors (Lipinski definition) is 5. The Morgan fingerprint density at radius 2 is 1.81 bits per heavy atom. The van der Waals surface area contributed by atoms with Gasteiger partial charge in [0.1, 0.15) is 10.7 Å². The fourth-order valence-corrected chi connectivity index (χ4v) is 5.27. The number of esters is 1. The number of piperidine rings is 1. The molecule has 1 aromatic heterocycles. The van der Waals surface area contributed by atoms with Crippen LogP contribution in [0.5, 0.6) is 0 Å². The number of carbonyl (C=O) groups is 2. The van der Waals surface area contributed by atoms with Gasteiger partial charge in [-0.3, -0.25) is 4.79 Å². The summed E-state index contributed by atoms with van der Waals surface area (Å²) in [6.07, 6.45) is 3.88. The van der Waals surface area contributed by atoms with Crippen molar-refractivity contribution >= 4 is 32.7 Å². The lowest BCUT2D eigenvalue weighted by Gasteiger charge is -2.26. The van der Waals surface area contributed by atoms with E-state index in [0.29, 0.717) is 36.9 Å². The zero-order valence-electron chi connectivity index (χ0n) is 16.6. The first-order chi connectivity index (χ1) is 14.9. The molecular formula is C22H21FN2O5S. The number of H-pyrrole nitrogens is 1. The average Bonchev–Trinajstić information content (AvgIpc) is 3.22. The minimum atomic E-state index is -4.06. The molecule has 2 heterocycles. The zero-order chi connectivity index (χ0) is 22.0. The average molecular weight is 444 g/mol. The number of ether oxygens (including phenoxy) is 1. The molecule has 1 aliphatic heterocycles. The lowest BCUT2D eigenvalue weighted by molar-refractivity contribution is 0.0475. The predicted octanol–water partition coefficient (Wildman–Crippen LogP) is 3.52. The normalized spacial score (nSPS) is 15.1. The summed E-state index contributed by atoms with van der Waals surface area (Å²) in [5.41, 5.74) is 1.03. The summed E-state index contributed by atoms with van der Waals surface area (Å²) in [4.78, 5) is 27.3. The molecular weight excluding hydrogens is 423 g/mol. The van der Waals surface area contributed by atoms with Crippen LogP contribution in [0.4, 0.5) is 4.39 Å². The molecule has 1 saturated heterocycles. The molecule has 0 bridgehead atoms. The van der Waals surface area contributed by atoms with Crippen LogP contribution in [0.2, 0.25) is 0 Å². The van der Waals surface area contributed by atoms with Crippen LogP contribution in [0.1, 0.15) is 40.0 Å². The number of nitrogens with zero attached hydrogens (tertiary/aromatic N) is 1. The third-order valence-corrected chi connectivity index (χ3v) is 7.24. The van der Waals surface area contributed by atoms with E-state index in [2.05, 4.69) is 4.98 Å². The molecule has 2 aromatic carbocycles. The molecule has 3 aromatic rings. The quantitative estimate of drug-likeness (QED) is 0.464. The second-order valence-corrected chi connectivity index (χ2v) is 9.26. The molecule has 31 heavy (non-hydrogen) atoms. The van der Waals surface area contributed by atoms with Crippen molar-refractivity contribution in [1.29, 1.82) is 0 Å². The van der Waals surface area contributed by atoms with Crippen LogP contribution in [0.15, 0.2) is 53.6 Å². The number of aromatic nitrogens is 1. The zero-order valence-corrected chi connectivity index (χ0v) is 17.5. The standard InChI is InChI=1S/C22H21FN2O5S/c23-18-9-8-15(12-21(18)31(28,29)25-10-4-1-5-11-25)22(27)30-14-20(26)17-13-24-19-7-3-2-6-16(17)19/h2-3,6-9,12-13,24H,1,4-5,10-11,14H2. The van der Waals surface area contributed by atoms with E-state index in [-0.39, 0.29) is 5.56 Å². The number of carbonyl (C=O) groups excluding carboxylic acids is 2. The van der Waals surface area contributed by atoms with Crippen molar-refractivity contribution in [3.8, 4) is 0 Å². The first kappa shape index (κ1) is 21.2. The van der Waals surface area contributed by atoms with E-state index in [0.717, 1.165) is 30.1 Å². The van der Waals surface area contributed by atoms with Gasteiger partial charge in [0.05, 0.1) is 5.56 Å². The Balaban J connectivity index is 1.50. The van der Waals surface area contributed by atoms with Crippen LogP contribution in [-0.2, 0) is 14.8 Å². The number of rotatable bonds is 6. The topological polar surface area (TPSA) is 96.5 Å². The van der Waals surface area contributed by atoms with Crippen LogP contribution >= 0.6 is 0 Å². The van der Waals surface area contributed by atoms with E-state index < -0.39 is 39.1 Å². The number of benzene rings is 2. The molecule has 0 amide bonds. The van der Waals surface area contributed by atoms with Crippen molar-refractivity contribution < 1.29 is 27.1 Å². The van der Waals surface area contributed by atoms with Gasteiger partial charge in [0, 0.05) is 35.8 Å². The van der Waals surface area contributed by atoms with Crippen molar-refractivity contribution in [2.75, 3.05) is 19.7 Å². The maximum absolute atomic E-state index is 14.3. The summed E-state index contributed by atoms with van der Waals surface area (Å²) in [5.74, 6) is -2.24. The van der Waals surface area contributed by atoms with Crippen LogP contribution in [-0.4, -0.2) is 49.2 Å². The second-order valence-electron chi connectivity index (χ2n) is 7.36. The molecule has 0 atom stereocenters. The molecule has 1 fully saturated rings. The van der Waals surface area contributed by atoms with Gasteiger partial charge in [0.15, 0.2) is 6.61 Å². The Hall–Kier alpha value is -3.04. The maximum atomic E-state index is 14.3. The van der Waals surface area contributed by atoms with Crippen molar-refractivity contribution in [3.63, 3.8) is 0 Å². The molecule has 0 radical (unpaired) electrons. The summed E-state index contributed by atoms with van der Waals surface area (Å²) in [6.45, 7) is 0.109. The van der Waals surface area contributed by atoms with E-state index in [9.17, 15) is 22.4 Å². The number of Topliss-reactive ketones (excluding diaryl/α,β-unsaturated/α-hetero) is 1. The Kier molecular flexibility index (Phi) is 5.88. The number of hydrogen-bond donors (Lipinski definition) is 1. The summed E-state index contributed by atoms with van der Waals surface area (Å²) in [7, 11) is -4.06.